The van der Waals surface area contributed by atoms with Crippen molar-refractivity contribution < 1.29 is 9.59 Å². The van der Waals surface area contributed by atoms with Gasteiger partial charge in [0.15, 0.2) is 0 Å². The van der Waals surface area contributed by atoms with Gasteiger partial charge in [0, 0.05) is 38.1 Å². The molecule has 158 valence electrons. The molecule has 1 aromatic rings. The Morgan fingerprint density at radius 1 is 0.897 bits per heavy atom. The molecular weight excluding hydrogens is 362 g/mol. The highest BCUT2D eigenvalue weighted by Gasteiger charge is 2.36. The number of nitrogens with zero attached hydrogens (tertiary/aromatic N) is 2. The van der Waals surface area contributed by atoms with E-state index in [2.05, 4.69) is 35.6 Å². The number of benzene rings is 1. The number of carbonyl (C=O) groups is 2. The molecule has 0 bridgehead atoms. The number of carbonyl (C=O) groups excluding carboxylic acids is 2. The zero-order chi connectivity index (χ0) is 20.1. The third kappa shape index (κ3) is 4.59. The quantitative estimate of drug-likeness (QED) is 0.837. The summed E-state index contributed by atoms with van der Waals surface area (Å²) in [7, 11) is 0. The third-order valence-electron chi connectivity index (χ3n) is 7.24. The van der Waals surface area contributed by atoms with Crippen LogP contribution in [0.25, 0.3) is 0 Å². The maximum atomic E-state index is 13.0. The van der Waals surface area contributed by atoms with Crippen molar-refractivity contribution in [2.45, 2.75) is 63.2 Å². The van der Waals surface area contributed by atoms with E-state index in [4.69, 9.17) is 0 Å². The molecule has 1 aliphatic carbocycles. The lowest BCUT2D eigenvalue weighted by molar-refractivity contribution is -0.126. The van der Waals surface area contributed by atoms with E-state index in [9.17, 15) is 9.59 Å². The number of likely N-dealkylation sites (tertiary alicyclic amines) is 2. The second kappa shape index (κ2) is 9.19. The molecule has 3 amide bonds. The Hall–Kier alpha value is -2.04. The summed E-state index contributed by atoms with van der Waals surface area (Å²) < 4.78 is 0. The van der Waals surface area contributed by atoms with Gasteiger partial charge in [-0.3, -0.25) is 4.79 Å². The minimum Gasteiger partial charge on any atom is -0.355 e. The Kier molecular flexibility index (Phi) is 6.41. The molecule has 5 nitrogen and oxygen atoms in total. The molecule has 3 fully saturated rings. The standard InChI is InChI=1S/C24H35N3O2/c28-22(20-10-9-17-27(18-20)23(29)26-15-7-8-16-26)25-19-24(13-5-2-6-14-24)21-11-3-1-4-12-21/h1,3-4,11-12,20H,2,5-10,13-19H2,(H,25,28)/t20-/m0/s1. The Morgan fingerprint density at radius 3 is 2.31 bits per heavy atom. The van der Waals surface area contributed by atoms with E-state index in [1.807, 2.05) is 9.80 Å². The highest BCUT2D eigenvalue weighted by Crippen LogP contribution is 2.39. The van der Waals surface area contributed by atoms with Crippen molar-refractivity contribution in [3.63, 3.8) is 0 Å². The van der Waals surface area contributed by atoms with E-state index >= 15 is 0 Å². The Labute approximate surface area is 174 Å². The van der Waals surface area contributed by atoms with Crippen molar-refractivity contribution in [1.29, 1.82) is 0 Å². The smallest absolute Gasteiger partial charge is 0.320 e. The third-order valence-corrected chi connectivity index (χ3v) is 7.24. The van der Waals surface area contributed by atoms with Crippen LogP contribution in [0.1, 0.15) is 63.4 Å². The summed E-state index contributed by atoms with van der Waals surface area (Å²) in [5.74, 6) is 0.0523. The molecular formula is C24H35N3O2. The normalized spacial score (nSPS) is 24.3. The summed E-state index contributed by atoms with van der Waals surface area (Å²) in [5.41, 5.74) is 1.42. The summed E-state index contributed by atoms with van der Waals surface area (Å²) in [6, 6.07) is 10.8. The van der Waals surface area contributed by atoms with Gasteiger partial charge in [-0.05, 0) is 44.1 Å². The van der Waals surface area contributed by atoms with Crippen molar-refractivity contribution >= 4 is 11.9 Å². The van der Waals surface area contributed by atoms with Crippen molar-refractivity contribution in [2.75, 3.05) is 32.7 Å². The van der Waals surface area contributed by atoms with Crippen molar-refractivity contribution in [1.82, 2.24) is 15.1 Å². The van der Waals surface area contributed by atoms with E-state index in [1.54, 1.807) is 0 Å². The lowest BCUT2D eigenvalue weighted by Crippen LogP contribution is -2.51. The average Bonchev–Trinajstić information content (AvgIpc) is 3.33. The Balaban J connectivity index is 1.37. The summed E-state index contributed by atoms with van der Waals surface area (Å²) in [6.45, 7) is 3.80. The fraction of sp³-hybridized carbons (Fsp3) is 0.667. The molecule has 1 N–H and O–H groups in total. The lowest BCUT2D eigenvalue weighted by Gasteiger charge is -2.39. The molecule has 0 unspecified atom stereocenters. The first-order valence-corrected chi connectivity index (χ1v) is 11.6. The molecule has 0 radical (unpaired) electrons. The van der Waals surface area contributed by atoms with Crippen LogP contribution in [-0.4, -0.2) is 54.5 Å². The lowest BCUT2D eigenvalue weighted by atomic mass is 9.69. The fourth-order valence-electron chi connectivity index (χ4n) is 5.46. The van der Waals surface area contributed by atoms with Gasteiger partial charge < -0.3 is 15.1 Å². The Morgan fingerprint density at radius 2 is 1.59 bits per heavy atom. The first-order valence-electron chi connectivity index (χ1n) is 11.6. The van der Waals surface area contributed by atoms with Crippen LogP contribution in [0.4, 0.5) is 4.79 Å². The summed E-state index contributed by atoms with van der Waals surface area (Å²) in [4.78, 5) is 29.6. The molecule has 0 aromatic heterocycles. The number of hydrogen-bond acceptors (Lipinski definition) is 2. The van der Waals surface area contributed by atoms with Crippen LogP contribution in [0.5, 0.6) is 0 Å². The average molecular weight is 398 g/mol. The van der Waals surface area contributed by atoms with Gasteiger partial charge in [-0.2, -0.15) is 0 Å². The highest BCUT2D eigenvalue weighted by atomic mass is 16.2. The fourth-order valence-corrected chi connectivity index (χ4v) is 5.46. The number of nitrogens with one attached hydrogen (secondary N) is 1. The molecule has 3 aliphatic rings. The van der Waals surface area contributed by atoms with Crippen molar-refractivity contribution in [3.05, 3.63) is 35.9 Å². The van der Waals surface area contributed by atoms with Crippen LogP contribution >= 0.6 is 0 Å². The Bertz CT molecular complexity index is 693. The molecule has 5 heteroatoms. The van der Waals surface area contributed by atoms with Gasteiger partial charge >= 0.3 is 6.03 Å². The molecule has 2 heterocycles. The van der Waals surface area contributed by atoms with E-state index in [0.717, 1.165) is 58.2 Å². The van der Waals surface area contributed by atoms with Gasteiger partial charge in [0.2, 0.25) is 5.91 Å². The van der Waals surface area contributed by atoms with Crippen molar-refractivity contribution in [2.24, 2.45) is 5.92 Å². The monoisotopic (exact) mass is 397 g/mol. The van der Waals surface area contributed by atoms with Crippen LogP contribution in [0, 0.1) is 5.92 Å². The first-order chi connectivity index (χ1) is 14.2. The molecule has 1 saturated carbocycles. The van der Waals surface area contributed by atoms with Crippen LogP contribution < -0.4 is 5.32 Å². The van der Waals surface area contributed by atoms with Gasteiger partial charge in [0.25, 0.3) is 0 Å². The van der Waals surface area contributed by atoms with E-state index < -0.39 is 0 Å². The van der Waals surface area contributed by atoms with Gasteiger partial charge in [0.1, 0.15) is 0 Å². The zero-order valence-corrected chi connectivity index (χ0v) is 17.6. The highest BCUT2D eigenvalue weighted by molar-refractivity contribution is 5.81. The van der Waals surface area contributed by atoms with E-state index in [-0.39, 0.29) is 23.3 Å². The molecule has 2 aliphatic heterocycles. The number of piperidine rings is 1. The summed E-state index contributed by atoms with van der Waals surface area (Å²) in [5, 5.41) is 3.30. The minimum absolute atomic E-state index is 0.0644. The molecule has 2 saturated heterocycles. The van der Waals surface area contributed by atoms with Crippen LogP contribution in [0.2, 0.25) is 0 Å². The summed E-state index contributed by atoms with van der Waals surface area (Å²) in [6.07, 6.45) is 10.0. The topological polar surface area (TPSA) is 52.7 Å². The second-order valence-electron chi connectivity index (χ2n) is 9.19. The number of amides is 3. The van der Waals surface area contributed by atoms with Crippen LogP contribution in [-0.2, 0) is 10.2 Å². The number of hydrogen-bond donors (Lipinski definition) is 1. The van der Waals surface area contributed by atoms with Crippen LogP contribution in [0.15, 0.2) is 30.3 Å². The van der Waals surface area contributed by atoms with Gasteiger partial charge in [-0.25, -0.2) is 4.79 Å². The number of rotatable bonds is 4. The van der Waals surface area contributed by atoms with Gasteiger partial charge in [0.05, 0.1) is 5.92 Å². The SMILES string of the molecule is O=C(NCC1(c2ccccc2)CCCCC1)[C@H]1CCCN(C(=O)N2CCCC2)C1. The number of urea groups is 1. The predicted molar refractivity (Wildman–Crippen MR) is 115 cm³/mol. The summed E-state index contributed by atoms with van der Waals surface area (Å²) >= 11 is 0. The second-order valence-corrected chi connectivity index (χ2v) is 9.19. The maximum absolute atomic E-state index is 13.0. The molecule has 1 aromatic carbocycles. The van der Waals surface area contributed by atoms with Gasteiger partial charge in [-0.15, -0.1) is 0 Å². The van der Waals surface area contributed by atoms with E-state index in [0.29, 0.717) is 13.1 Å². The first kappa shape index (κ1) is 20.2. The molecule has 4 rings (SSSR count). The van der Waals surface area contributed by atoms with E-state index in [1.165, 1.54) is 24.8 Å². The predicted octanol–water partition coefficient (Wildman–Crippen LogP) is 3.93. The largest absolute Gasteiger partial charge is 0.355 e. The van der Waals surface area contributed by atoms with Crippen molar-refractivity contribution in [3.8, 4) is 0 Å². The van der Waals surface area contributed by atoms with Gasteiger partial charge in [-0.1, -0.05) is 49.6 Å². The molecule has 1 atom stereocenters. The maximum Gasteiger partial charge on any atom is 0.320 e. The minimum atomic E-state index is -0.0771. The molecule has 0 spiro atoms. The molecule has 29 heavy (non-hydrogen) atoms. The van der Waals surface area contributed by atoms with Crippen LogP contribution in [0.3, 0.4) is 0 Å². The zero-order valence-electron chi connectivity index (χ0n) is 17.6.